The van der Waals surface area contributed by atoms with E-state index >= 15 is 0 Å². The average Bonchev–Trinajstić information content (AvgIpc) is 3.09. The summed E-state index contributed by atoms with van der Waals surface area (Å²) in [6.07, 6.45) is 1.31. The third-order valence-corrected chi connectivity index (χ3v) is 4.23. The number of carbonyl (C=O) groups is 1. The Morgan fingerprint density at radius 2 is 1.84 bits per heavy atom. The van der Waals surface area contributed by atoms with E-state index in [4.69, 9.17) is 9.62 Å². The van der Waals surface area contributed by atoms with Crippen molar-refractivity contribution in [3.63, 3.8) is 0 Å². The van der Waals surface area contributed by atoms with Crippen LogP contribution >= 0.6 is 0 Å². The van der Waals surface area contributed by atoms with Crippen LogP contribution in [0.2, 0.25) is 0 Å². The van der Waals surface area contributed by atoms with Crippen LogP contribution in [-0.2, 0) is 4.79 Å². The van der Waals surface area contributed by atoms with Crippen LogP contribution in [0.4, 0.5) is 0 Å². The van der Waals surface area contributed by atoms with Crippen molar-refractivity contribution in [2.75, 3.05) is 0 Å². The molecule has 0 bridgehead atoms. The second-order valence-corrected chi connectivity index (χ2v) is 6.06. The van der Waals surface area contributed by atoms with Crippen molar-refractivity contribution in [2.45, 2.75) is 31.8 Å². The van der Waals surface area contributed by atoms with Gasteiger partial charge in [-0.3, -0.25) is 10.0 Å². The highest BCUT2D eigenvalue weighted by Crippen LogP contribution is 2.30. The number of benzene rings is 2. The second kappa shape index (κ2) is 7.96. The van der Waals surface area contributed by atoms with E-state index in [1.807, 2.05) is 36.4 Å². The Labute approximate surface area is 145 Å². The lowest BCUT2D eigenvalue weighted by molar-refractivity contribution is -0.129. The number of rotatable bonds is 7. The molecule has 0 saturated heterocycles. The van der Waals surface area contributed by atoms with Crippen LogP contribution in [0.3, 0.4) is 0 Å². The number of amides is 1. The summed E-state index contributed by atoms with van der Waals surface area (Å²) in [6, 6.07) is 17.9. The van der Waals surface area contributed by atoms with Gasteiger partial charge in [-0.15, -0.1) is 0 Å². The maximum absolute atomic E-state index is 11.0. The Morgan fingerprint density at radius 1 is 1.04 bits per heavy atom. The fraction of sp³-hybridized carbons (Fsp3) is 0.250. The molecular formula is C20H21NO4. The molecule has 0 saturated carbocycles. The molecule has 0 spiro atoms. The van der Waals surface area contributed by atoms with Gasteiger partial charge in [0, 0.05) is 11.8 Å². The summed E-state index contributed by atoms with van der Waals surface area (Å²) in [6.45, 7) is 0. The summed E-state index contributed by atoms with van der Waals surface area (Å²) in [5, 5.41) is 19.7. The highest BCUT2D eigenvalue weighted by molar-refractivity contribution is 5.84. The van der Waals surface area contributed by atoms with Gasteiger partial charge in [0.25, 0.3) is 0 Å². The molecule has 3 N–H and O–H groups in total. The first-order valence-corrected chi connectivity index (χ1v) is 8.37. The minimum absolute atomic E-state index is 0.240. The molecule has 5 heteroatoms. The van der Waals surface area contributed by atoms with Crippen LogP contribution in [0.5, 0.6) is 0 Å². The molecule has 0 radical (unpaired) electrons. The van der Waals surface area contributed by atoms with Crippen molar-refractivity contribution < 1.29 is 19.5 Å². The van der Waals surface area contributed by atoms with E-state index in [2.05, 4.69) is 18.2 Å². The van der Waals surface area contributed by atoms with Crippen LogP contribution in [0.25, 0.3) is 22.1 Å². The number of nitrogens with one attached hydrogen (secondary N) is 1. The molecule has 5 nitrogen and oxygen atoms in total. The van der Waals surface area contributed by atoms with Crippen molar-refractivity contribution in [2.24, 2.45) is 0 Å². The van der Waals surface area contributed by atoms with E-state index in [9.17, 15) is 9.90 Å². The summed E-state index contributed by atoms with van der Waals surface area (Å²) < 4.78 is 5.75. The predicted octanol–water partition coefficient (Wildman–Crippen LogP) is 4.20. The number of carbonyl (C=O) groups excluding carboxylic acids is 1. The summed E-state index contributed by atoms with van der Waals surface area (Å²) in [7, 11) is 0. The van der Waals surface area contributed by atoms with E-state index in [0.717, 1.165) is 22.1 Å². The molecule has 1 heterocycles. The smallest absolute Gasteiger partial charge is 0.243 e. The van der Waals surface area contributed by atoms with Gasteiger partial charge < -0.3 is 9.52 Å². The molecule has 0 aliphatic rings. The zero-order chi connectivity index (χ0) is 17.6. The zero-order valence-corrected chi connectivity index (χ0v) is 13.8. The number of aliphatic hydroxyl groups is 1. The molecule has 1 aromatic heterocycles. The summed E-state index contributed by atoms with van der Waals surface area (Å²) in [4.78, 5) is 11.0. The van der Waals surface area contributed by atoms with E-state index < -0.39 is 12.0 Å². The molecule has 2 aromatic carbocycles. The van der Waals surface area contributed by atoms with Crippen molar-refractivity contribution in [3.8, 4) is 11.1 Å². The molecule has 25 heavy (non-hydrogen) atoms. The molecule has 0 fully saturated rings. The molecule has 1 atom stereocenters. The van der Waals surface area contributed by atoms with E-state index in [0.29, 0.717) is 25.0 Å². The van der Waals surface area contributed by atoms with Crippen LogP contribution < -0.4 is 5.48 Å². The zero-order valence-electron chi connectivity index (χ0n) is 13.8. The molecular weight excluding hydrogens is 318 g/mol. The summed E-state index contributed by atoms with van der Waals surface area (Å²) in [5.41, 5.74) is 4.58. The largest absolute Gasteiger partial charge is 0.458 e. The van der Waals surface area contributed by atoms with Crippen LogP contribution in [-0.4, -0.2) is 16.2 Å². The van der Waals surface area contributed by atoms with Crippen molar-refractivity contribution in [1.82, 2.24) is 5.48 Å². The lowest BCUT2D eigenvalue weighted by atomic mass is 10.0. The number of fused-ring (bicyclic) bond motifs is 1. The van der Waals surface area contributed by atoms with Gasteiger partial charge >= 0.3 is 0 Å². The fourth-order valence-corrected chi connectivity index (χ4v) is 2.86. The highest BCUT2D eigenvalue weighted by atomic mass is 16.5. The molecule has 3 rings (SSSR count). The molecule has 1 amide bonds. The van der Waals surface area contributed by atoms with Gasteiger partial charge in [-0.2, -0.15) is 0 Å². The minimum Gasteiger partial charge on any atom is -0.458 e. The highest BCUT2D eigenvalue weighted by Gasteiger charge is 2.14. The number of hydrogen-bond acceptors (Lipinski definition) is 4. The Balaban J connectivity index is 1.67. The topological polar surface area (TPSA) is 82.7 Å². The second-order valence-electron chi connectivity index (χ2n) is 6.06. The van der Waals surface area contributed by atoms with Crippen LogP contribution in [0.15, 0.2) is 59.0 Å². The minimum atomic E-state index is -0.704. The number of hydroxylamine groups is 1. The normalized spacial score (nSPS) is 12.2. The molecule has 0 unspecified atom stereocenters. The number of hydrogen-bond donors (Lipinski definition) is 3. The molecule has 3 aromatic rings. The van der Waals surface area contributed by atoms with Gasteiger partial charge in [-0.25, -0.2) is 5.48 Å². The van der Waals surface area contributed by atoms with Crippen molar-refractivity contribution in [1.29, 1.82) is 0 Å². The van der Waals surface area contributed by atoms with E-state index in [-0.39, 0.29) is 6.42 Å². The lowest BCUT2D eigenvalue weighted by Crippen LogP contribution is -2.17. The van der Waals surface area contributed by atoms with Gasteiger partial charge in [0.05, 0.1) is 0 Å². The monoisotopic (exact) mass is 339 g/mol. The number of unbranched alkanes of at least 4 members (excludes halogenated alkanes) is 1. The third kappa shape index (κ3) is 4.26. The van der Waals surface area contributed by atoms with E-state index in [1.165, 1.54) is 0 Å². The van der Waals surface area contributed by atoms with E-state index in [1.54, 1.807) is 5.48 Å². The standard InChI is InChI=1S/C20H21NO4/c22-17(8-4-5-9-20(23)21-24)19-13-16-12-15(10-11-18(16)25-19)14-6-2-1-3-7-14/h1-3,6-7,10-13,17,22,24H,4-5,8-9H2,(H,21,23)/t17-/m1/s1. The Morgan fingerprint density at radius 3 is 2.60 bits per heavy atom. The van der Waals surface area contributed by atoms with Gasteiger partial charge in [0.2, 0.25) is 5.91 Å². The van der Waals surface area contributed by atoms with Crippen LogP contribution in [0, 0.1) is 0 Å². The number of aliphatic hydroxyl groups excluding tert-OH is 1. The maximum atomic E-state index is 11.0. The van der Waals surface area contributed by atoms with Gasteiger partial charge in [-0.05, 0) is 48.6 Å². The fourth-order valence-electron chi connectivity index (χ4n) is 2.86. The lowest BCUT2D eigenvalue weighted by Gasteiger charge is -2.06. The SMILES string of the molecule is O=C(CCCC[C@@H](O)c1cc2cc(-c3ccccc3)ccc2o1)NO. The quantitative estimate of drug-likeness (QED) is 0.342. The molecule has 0 aliphatic carbocycles. The Bertz CT molecular complexity index is 841. The molecule has 0 aliphatic heterocycles. The van der Waals surface area contributed by atoms with Crippen molar-refractivity contribution in [3.05, 3.63) is 60.4 Å². The van der Waals surface area contributed by atoms with Gasteiger partial charge in [0.1, 0.15) is 17.4 Å². The average molecular weight is 339 g/mol. The van der Waals surface area contributed by atoms with Gasteiger partial charge in [-0.1, -0.05) is 36.4 Å². The summed E-state index contributed by atoms with van der Waals surface area (Å²) in [5.74, 6) is 0.124. The van der Waals surface area contributed by atoms with Crippen molar-refractivity contribution >= 4 is 16.9 Å². The molecule has 130 valence electrons. The first kappa shape index (κ1) is 17.2. The summed E-state index contributed by atoms with van der Waals surface area (Å²) >= 11 is 0. The first-order valence-electron chi connectivity index (χ1n) is 8.37. The Hall–Kier alpha value is -2.63. The third-order valence-electron chi connectivity index (χ3n) is 4.23. The Kier molecular flexibility index (Phi) is 5.48. The van der Waals surface area contributed by atoms with Crippen LogP contribution in [0.1, 0.15) is 37.5 Å². The predicted molar refractivity (Wildman–Crippen MR) is 95.0 cm³/mol. The maximum Gasteiger partial charge on any atom is 0.243 e. The first-order chi connectivity index (χ1) is 12.2. The number of furan rings is 1. The van der Waals surface area contributed by atoms with Gasteiger partial charge in [0.15, 0.2) is 0 Å².